The second-order valence-electron chi connectivity index (χ2n) is 7.88. The Hall–Kier alpha value is -2.95. The molecule has 0 heterocycles. The van der Waals surface area contributed by atoms with Gasteiger partial charge in [-0.2, -0.15) is 0 Å². The molecule has 29 heavy (non-hydrogen) atoms. The SMILES string of the molecule is C/C(=C\c1ccccc1)CN(C(=O)c1ccc(C)c([N+](=O)[O-])c1)C1CCCCC1. The summed E-state index contributed by atoms with van der Waals surface area (Å²) >= 11 is 0. The highest BCUT2D eigenvalue weighted by molar-refractivity contribution is 5.95. The maximum atomic E-state index is 13.4. The van der Waals surface area contributed by atoms with Crippen LogP contribution in [0.25, 0.3) is 6.08 Å². The number of nitro groups is 1. The van der Waals surface area contributed by atoms with Gasteiger partial charge in [0.15, 0.2) is 0 Å². The number of amides is 1. The zero-order chi connectivity index (χ0) is 20.8. The molecule has 0 aliphatic heterocycles. The van der Waals surface area contributed by atoms with Gasteiger partial charge in [0.2, 0.25) is 0 Å². The van der Waals surface area contributed by atoms with Crippen LogP contribution in [-0.4, -0.2) is 28.3 Å². The fourth-order valence-electron chi connectivity index (χ4n) is 4.01. The van der Waals surface area contributed by atoms with Crippen molar-refractivity contribution in [3.05, 3.63) is 80.9 Å². The molecule has 0 atom stereocenters. The lowest BCUT2D eigenvalue weighted by Crippen LogP contribution is -2.42. The Morgan fingerprint density at radius 2 is 1.83 bits per heavy atom. The zero-order valence-corrected chi connectivity index (χ0v) is 17.1. The van der Waals surface area contributed by atoms with Gasteiger partial charge in [-0.15, -0.1) is 0 Å². The van der Waals surface area contributed by atoms with Crippen molar-refractivity contribution in [2.24, 2.45) is 0 Å². The van der Waals surface area contributed by atoms with Gasteiger partial charge in [-0.1, -0.05) is 67.3 Å². The standard InChI is InChI=1S/C24H28N2O3/c1-18(15-20-9-5-3-6-10-20)17-25(22-11-7-4-8-12-22)24(27)21-14-13-19(2)23(16-21)26(28)29/h3,5-6,9-10,13-16,22H,4,7-8,11-12,17H2,1-2H3/b18-15+. The number of hydrogen-bond acceptors (Lipinski definition) is 3. The molecule has 5 nitrogen and oxygen atoms in total. The summed E-state index contributed by atoms with van der Waals surface area (Å²) in [5.41, 5.74) is 3.15. The summed E-state index contributed by atoms with van der Waals surface area (Å²) in [5, 5.41) is 11.3. The molecular weight excluding hydrogens is 364 g/mol. The Balaban J connectivity index is 1.89. The molecule has 0 N–H and O–H groups in total. The highest BCUT2D eigenvalue weighted by atomic mass is 16.6. The smallest absolute Gasteiger partial charge is 0.273 e. The molecule has 0 spiro atoms. The van der Waals surface area contributed by atoms with E-state index in [1.165, 1.54) is 12.5 Å². The molecule has 0 unspecified atom stereocenters. The number of aryl methyl sites for hydroxylation is 1. The van der Waals surface area contributed by atoms with Crippen molar-refractivity contribution in [3.63, 3.8) is 0 Å². The molecule has 1 saturated carbocycles. The van der Waals surface area contributed by atoms with Gasteiger partial charge >= 0.3 is 0 Å². The lowest BCUT2D eigenvalue weighted by molar-refractivity contribution is -0.385. The molecule has 2 aromatic carbocycles. The molecule has 1 aliphatic carbocycles. The van der Waals surface area contributed by atoms with Crippen molar-refractivity contribution in [2.45, 2.75) is 52.0 Å². The molecule has 0 bridgehead atoms. The van der Waals surface area contributed by atoms with Gasteiger partial charge < -0.3 is 4.90 Å². The third kappa shape index (κ3) is 5.31. The van der Waals surface area contributed by atoms with Crippen molar-refractivity contribution in [1.82, 2.24) is 4.90 Å². The van der Waals surface area contributed by atoms with Crippen molar-refractivity contribution in [2.75, 3.05) is 6.54 Å². The molecule has 3 rings (SSSR count). The minimum atomic E-state index is -0.419. The van der Waals surface area contributed by atoms with E-state index in [-0.39, 0.29) is 17.6 Å². The fraction of sp³-hybridized carbons (Fsp3) is 0.375. The van der Waals surface area contributed by atoms with Crippen LogP contribution >= 0.6 is 0 Å². The van der Waals surface area contributed by atoms with E-state index in [9.17, 15) is 14.9 Å². The van der Waals surface area contributed by atoms with Crippen LogP contribution < -0.4 is 0 Å². The molecule has 1 aliphatic rings. The maximum absolute atomic E-state index is 13.4. The van der Waals surface area contributed by atoms with E-state index in [4.69, 9.17) is 0 Å². The summed E-state index contributed by atoms with van der Waals surface area (Å²) in [6, 6.07) is 15.0. The summed E-state index contributed by atoms with van der Waals surface area (Å²) in [5.74, 6) is -0.124. The normalized spacial score (nSPS) is 15.2. The average molecular weight is 392 g/mol. The second kappa shape index (κ2) is 9.50. The van der Waals surface area contributed by atoms with Crippen LogP contribution in [-0.2, 0) is 0 Å². The number of carbonyl (C=O) groups is 1. The van der Waals surface area contributed by atoms with E-state index in [1.54, 1.807) is 19.1 Å². The van der Waals surface area contributed by atoms with E-state index in [0.717, 1.165) is 36.8 Å². The van der Waals surface area contributed by atoms with Gasteiger partial charge in [0.1, 0.15) is 0 Å². The predicted molar refractivity (Wildman–Crippen MR) is 116 cm³/mol. The van der Waals surface area contributed by atoms with Crippen LogP contribution in [0.2, 0.25) is 0 Å². The van der Waals surface area contributed by atoms with Gasteiger partial charge in [0.05, 0.1) is 4.92 Å². The Labute approximate surface area is 172 Å². The second-order valence-corrected chi connectivity index (χ2v) is 7.88. The largest absolute Gasteiger partial charge is 0.332 e. The Bertz CT molecular complexity index is 900. The van der Waals surface area contributed by atoms with Gasteiger partial charge in [-0.25, -0.2) is 0 Å². The van der Waals surface area contributed by atoms with E-state index in [1.807, 2.05) is 42.2 Å². The van der Waals surface area contributed by atoms with Crippen LogP contribution in [0.1, 0.15) is 60.5 Å². The maximum Gasteiger partial charge on any atom is 0.273 e. The first-order valence-corrected chi connectivity index (χ1v) is 10.2. The molecule has 1 amide bonds. The van der Waals surface area contributed by atoms with Crippen LogP contribution in [0, 0.1) is 17.0 Å². The fourth-order valence-corrected chi connectivity index (χ4v) is 4.01. The third-order valence-electron chi connectivity index (χ3n) is 5.56. The summed E-state index contributed by atoms with van der Waals surface area (Å²) in [7, 11) is 0. The van der Waals surface area contributed by atoms with Crippen molar-refractivity contribution >= 4 is 17.7 Å². The Morgan fingerprint density at radius 1 is 1.14 bits per heavy atom. The first-order chi connectivity index (χ1) is 14.0. The lowest BCUT2D eigenvalue weighted by Gasteiger charge is -2.35. The van der Waals surface area contributed by atoms with Gasteiger partial charge in [-0.3, -0.25) is 14.9 Å². The first-order valence-electron chi connectivity index (χ1n) is 10.2. The monoisotopic (exact) mass is 392 g/mol. The highest BCUT2D eigenvalue weighted by Crippen LogP contribution is 2.27. The van der Waals surface area contributed by atoms with Crippen LogP contribution in [0.4, 0.5) is 5.69 Å². The number of nitro benzene ring substituents is 1. The molecule has 0 radical (unpaired) electrons. The van der Waals surface area contributed by atoms with Crippen molar-refractivity contribution in [3.8, 4) is 0 Å². The molecule has 1 fully saturated rings. The third-order valence-corrected chi connectivity index (χ3v) is 5.56. The zero-order valence-electron chi connectivity index (χ0n) is 17.1. The molecule has 0 saturated heterocycles. The quantitative estimate of drug-likeness (QED) is 0.462. The van der Waals surface area contributed by atoms with Crippen LogP contribution in [0.3, 0.4) is 0 Å². The lowest BCUT2D eigenvalue weighted by atomic mass is 9.93. The predicted octanol–water partition coefficient (Wildman–Crippen LogP) is 5.78. The first kappa shape index (κ1) is 20.8. The summed E-state index contributed by atoms with van der Waals surface area (Å²) < 4.78 is 0. The highest BCUT2D eigenvalue weighted by Gasteiger charge is 2.27. The molecular formula is C24H28N2O3. The summed E-state index contributed by atoms with van der Waals surface area (Å²) in [6.45, 7) is 4.26. The number of rotatable bonds is 6. The number of nitrogens with zero attached hydrogens (tertiary/aromatic N) is 2. The average Bonchev–Trinajstić information content (AvgIpc) is 2.73. The molecule has 2 aromatic rings. The Kier molecular flexibility index (Phi) is 6.81. The number of benzene rings is 2. The van der Waals surface area contributed by atoms with E-state index >= 15 is 0 Å². The van der Waals surface area contributed by atoms with Crippen molar-refractivity contribution < 1.29 is 9.72 Å². The van der Waals surface area contributed by atoms with Gasteiger partial charge in [-0.05, 0) is 38.3 Å². The minimum Gasteiger partial charge on any atom is -0.332 e. The number of carbonyl (C=O) groups excluding carboxylic acids is 1. The topological polar surface area (TPSA) is 63.5 Å². The molecule has 5 heteroatoms. The van der Waals surface area contributed by atoms with Crippen LogP contribution in [0.15, 0.2) is 54.1 Å². The van der Waals surface area contributed by atoms with Gasteiger partial charge in [0, 0.05) is 29.8 Å². The minimum absolute atomic E-state index is 0.00371. The van der Waals surface area contributed by atoms with Crippen molar-refractivity contribution in [1.29, 1.82) is 0 Å². The number of hydrogen-bond donors (Lipinski definition) is 0. The van der Waals surface area contributed by atoms with Gasteiger partial charge in [0.25, 0.3) is 11.6 Å². The molecule has 152 valence electrons. The van der Waals surface area contributed by atoms with E-state index < -0.39 is 4.92 Å². The Morgan fingerprint density at radius 3 is 2.48 bits per heavy atom. The van der Waals surface area contributed by atoms with E-state index in [0.29, 0.717) is 17.7 Å². The van der Waals surface area contributed by atoms with Crippen LogP contribution in [0.5, 0.6) is 0 Å². The summed E-state index contributed by atoms with van der Waals surface area (Å²) in [4.78, 5) is 26.2. The summed E-state index contributed by atoms with van der Waals surface area (Å²) in [6.07, 6.45) is 7.50. The molecule has 0 aromatic heterocycles. The van der Waals surface area contributed by atoms with E-state index in [2.05, 4.69) is 6.08 Å².